The molecule has 78 valence electrons. The smallest absolute Gasteiger partial charge is 0.0801 e. The maximum Gasteiger partial charge on any atom is 0.0801 e. The highest BCUT2D eigenvalue weighted by Gasteiger charge is 2.21. The van der Waals surface area contributed by atoms with Crippen LogP contribution in [0.2, 0.25) is 0 Å². The van der Waals surface area contributed by atoms with Crippen LogP contribution in [0, 0.1) is 0 Å². The Morgan fingerprint density at radius 1 is 1.07 bits per heavy atom. The predicted molar refractivity (Wildman–Crippen MR) is 66.3 cm³/mol. The zero-order chi connectivity index (χ0) is 10.9. The second kappa shape index (κ2) is 3.78. The summed E-state index contributed by atoms with van der Waals surface area (Å²) in [5, 5.41) is 0. The molecular formula is C13H15NS. The summed E-state index contributed by atoms with van der Waals surface area (Å²) in [5.74, 6) is 0. The summed E-state index contributed by atoms with van der Waals surface area (Å²) in [6.45, 7) is 6.61. The van der Waals surface area contributed by atoms with Crippen molar-refractivity contribution in [3.05, 3.63) is 41.5 Å². The van der Waals surface area contributed by atoms with Crippen LogP contribution in [0.25, 0.3) is 10.4 Å². The van der Waals surface area contributed by atoms with Crippen molar-refractivity contribution in [2.75, 3.05) is 0 Å². The van der Waals surface area contributed by atoms with E-state index in [0.717, 1.165) is 0 Å². The molecule has 2 aromatic rings. The molecule has 0 unspecified atom stereocenters. The van der Waals surface area contributed by atoms with Crippen LogP contribution in [0.3, 0.4) is 0 Å². The quantitative estimate of drug-likeness (QED) is 0.700. The molecule has 2 heteroatoms. The minimum Gasteiger partial charge on any atom is -0.249 e. The van der Waals surface area contributed by atoms with Gasteiger partial charge in [-0.05, 0) is 5.56 Å². The summed E-state index contributed by atoms with van der Waals surface area (Å²) in [6.07, 6.45) is 0. The lowest BCUT2D eigenvalue weighted by Crippen LogP contribution is -2.12. The van der Waals surface area contributed by atoms with Gasteiger partial charge in [-0.3, -0.25) is 0 Å². The Kier molecular flexibility index (Phi) is 2.61. The van der Waals surface area contributed by atoms with E-state index in [0.29, 0.717) is 0 Å². The van der Waals surface area contributed by atoms with Crippen molar-refractivity contribution in [3.63, 3.8) is 0 Å². The molecule has 0 fully saturated rings. The number of aromatic nitrogens is 1. The molecular weight excluding hydrogens is 202 g/mol. The van der Waals surface area contributed by atoms with Gasteiger partial charge < -0.3 is 0 Å². The highest BCUT2D eigenvalue weighted by atomic mass is 32.1. The molecule has 1 nitrogen and oxygen atoms in total. The molecule has 0 bridgehead atoms. The second-order valence-corrected chi connectivity index (χ2v) is 5.50. The molecule has 15 heavy (non-hydrogen) atoms. The van der Waals surface area contributed by atoms with E-state index >= 15 is 0 Å². The van der Waals surface area contributed by atoms with Crippen molar-refractivity contribution in [1.82, 2.24) is 4.98 Å². The van der Waals surface area contributed by atoms with Gasteiger partial charge in [-0.2, -0.15) is 0 Å². The Hall–Kier alpha value is -1.15. The lowest BCUT2D eigenvalue weighted by Gasteiger charge is -2.17. The lowest BCUT2D eigenvalue weighted by atomic mass is 9.90. The van der Waals surface area contributed by atoms with E-state index in [-0.39, 0.29) is 5.41 Å². The molecule has 1 aromatic carbocycles. The van der Waals surface area contributed by atoms with Crippen LogP contribution in [0.5, 0.6) is 0 Å². The molecule has 0 aliphatic rings. The summed E-state index contributed by atoms with van der Waals surface area (Å²) in [4.78, 5) is 5.78. The molecule has 0 saturated carbocycles. The van der Waals surface area contributed by atoms with Crippen molar-refractivity contribution >= 4 is 11.3 Å². The number of benzene rings is 1. The zero-order valence-electron chi connectivity index (χ0n) is 9.32. The monoisotopic (exact) mass is 217 g/mol. The number of hydrogen-bond acceptors (Lipinski definition) is 2. The molecule has 0 aliphatic heterocycles. The Bertz CT molecular complexity index is 437. The fourth-order valence-electron chi connectivity index (χ4n) is 1.57. The third kappa shape index (κ3) is 2.10. The Balaban J connectivity index is 2.51. The third-order valence-corrected chi connectivity index (χ3v) is 3.19. The van der Waals surface area contributed by atoms with E-state index in [1.165, 1.54) is 16.1 Å². The number of hydrogen-bond donors (Lipinski definition) is 0. The molecule has 2 rings (SSSR count). The lowest BCUT2D eigenvalue weighted by molar-refractivity contribution is 0.574. The minimum atomic E-state index is 0.116. The highest BCUT2D eigenvalue weighted by molar-refractivity contribution is 7.13. The van der Waals surface area contributed by atoms with E-state index in [2.05, 4.69) is 50.0 Å². The molecule has 0 aliphatic carbocycles. The first kappa shape index (κ1) is 10.4. The van der Waals surface area contributed by atoms with Gasteiger partial charge in [0.15, 0.2) is 0 Å². The van der Waals surface area contributed by atoms with E-state index < -0.39 is 0 Å². The summed E-state index contributed by atoms with van der Waals surface area (Å²) in [5.41, 5.74) is 4.51. The maximum atomic E-state index is 4.48. The molecule has 1 aromatic heterocycles. The molecule has 0 radical (unpaired) electrons. The van der Waals surface area contributed by atoms with Gasteiger partial charge in [0.05, 0.1) is 16.1 Å². The van der Waals surface area contributed by atoms with Gasteiger partial charge >= 0.3 is 0 Å². The van der Waals surface area contributed by atoms with Crippen molar-refractivity contribution in [2.45, 2.75) is 26.2 Å². The van der Waals surface area contributed by atoms with Crippen molar-refractivity contribution in [1.29, 1.82) is 0 Å². The maximum absolute atomic E-state index is 4.48. The number of rotatable bonds is 1. The van der Waals surface area contributed by atoms with Crippen LogP contribution >= 0.6 is 11.3 Å². The largest absolute Gasteiger partial charge is 0.249 e. The predicted octanol–water partition coefficient (Wildman–Crippen LogP) is 4.11. The average molecular weight is 217 g/mol. The van der Waals surface area contributed by atoms with E-state index in [4.69, 9.17) is 0 Å². The van der Waals surface area contributed by atoms with E-state index in [1.807, 2.05) is 11.6 Å². The fourth-order valence-corrected chi connectivity index (χ4v) is 2.58. The molecule has 0 spiro atoms. The van der Waals surface area contributed by atoms with Gasteiger partial charge in [-0.25, -0.2) is 4.98 Å². The Morgan fingerprint density at radius 3 is 2.33 bits per heavy atom. The van der Waals surface area contributed by atoms with Gasteiger partial charge in [0.2, 0.25) is 0 Å². The van der Waals surface area contributed by atoms with Gasteiger partial charge in [0, 0.05) is 5.41 Å². The highest BCUT2D eigenvalue weighted by Crippen LogP contribution is 2.34. The van der Waals surface area contributed by atoms with Crippen LogP contribution in [0.4, 0.5) is 0 Å². The van der Waals surface area contributed by atoms with Crippen LogP contribution < -0.4 is 0 Å². The van der Waals surface area contributed by atoms with E-state index in [1.54, 1.807) is 11.3 Å². The Morgan fingerprint density at radius 2 is 1.73 bits per heavy atom. The molecule has 0 amide bonds. The first-order valence-electron chi connectivity index (χ1n) is 5.08. The molecule has 0 N–H and O–H groups in total. The van der Waals surface area contributed by atoms with Crippen LogP contribution in [-0.4, -0.2) is 4.98 Å². The molecule has 0 atom stereocenters. The summed E-state index contributed by atoms with van der Waals surface area (Å²) < 4.78 is 0. The summed E-state index contributed by atoms with van der Waals surface area (Å²) >= 11 is 1.72. The van der Waals surface area contributed by atoms with Crippen molar-refractivity contribution in [2.24, 2.45) is 0 Å². The minimum absolute atomic E-state index is 0.116. The van der Waals surface area contributed by atoms with Crippen molar-refractivity contribution < 1.29 is 0 Å². The standard InChI is InChI=1S/C13H15NS/c1-13(2,3)12-11(15-9-14-12)10-7-5-4-6-8-10/h4-9H,1-3H3. The number of nitrogens with zero attached hydrogens (tertiary/aromatic N) is 1. The van der Waals surface area contributed by atoms with Gasteiger partial charge in [-0.1, -0.05) is 51.1 Å². The van der Waals surface area contributed by atoms with Crippen LogP contribution in [0.1, 0.15) is 26.5 Å². The topological polar surface area (TPSA) is 12.9 Å². The normalized spacial score (nSPS) is 11.7. The zero-order valence-corrected chi connectivity index (χ0v) is 10.1. The first-order valence-corrected chi connectivity index (χ1v) is 5.96. The van der Waals surface area contributed by atoms with Gasteiger partial charge in [0.25, 0.3) is 0 Å². The van der Waals surface area contributed by atoms with Crippen LogP contribution in [-0.2, 0) is 5.41 Å². The van der Waals surface area contributed by atoms with Crippen LogP contribution in [0.15, 0.2) is 35.8 Å². The summed E-state index contributed by atoms with van der Waals surface area (Å²) in [7, 11) is 0. The molecule has 1 heterocycles. The number of thiazole rings is 1. The van der Waals surface area contributed by atoms with E-state index in [9.17, 15) is 0 Å². The average Bonchev–Trinajstić information content (AvgIpc) is 2.67. The first-order chi connectivity index (χ1) is 7.09. The van der Waals surface area contributed by atoms with Gasteiger partial charge in [-0.15, -0.1) is 11.3 Å². The van der Waals surface area contributed by atoms with Gasteiger partial charge in [0.1, 0.15) is 0 Å². The summed E-state index contributed by atoms with van der Waals surface area (Å²) in [6, 6.07) is 10.5. The third-order valence-electron chi connectivity index (χ3n) is 2.31. The van der Waals surface area contributed by atoms with Crippen molar-refractivity contribution in [3.8, 4) is 10.4 Å². The fraction of sp³-hybridized carbons (Fsp3) is 0.308. The SMILES string of the molecule is CC(C)(C)c1ncsc1-c1ccccc1. The Labute approximate surface area is 94.8 Å². The second-order valence-electron chi connectivity index (χ2n) is 4.65. The molecule has 0 saturated heterocycles.